The van der Waals surface area contributed by atoms with Crippen LogP contribution >= 0.6 is 45.8 Å². The van der Waals surface area contributed by atoms with Gasteiger partial charge in [0.1, 0.15) is 10.9 Å². The summed E-state index contributed by atoms with van der Waals surface area (Å²) in [6, 6.07) is 7.44. The van der Waals surface area contributed by atoms with Crippen molar-refractivity contribution in [2.75, 3.05) is 0 Å². The summed E-state index contributed by atoms with van der Waals surface area (Å²) in [5.41, 5.74) is 0.747. The van der Waals surface area contributed by atoms with Crippen LogP contribution in [0.25, 0.3) is 0 Å². The first kappa shape index (κ1) is 10.6. The third kappa shape index (κ3) is 2.76. The number of aliphatic hydroxyl groups excluding tert-OH is 1. The summed E-state index contributed by atoms with van der Waals surface area (Å²) in [5.74, 6) is 0. The summed E-state index contributed by atoms with van der Waals surface area (Å²) in [4.78, 5) is -0.775. The van der Waals surface area contributed by atoms with Crippen molar-refractivity contribution < 1.29 is 5.11 Å². The minimum atomic E-state index is -0.803. The Morgan fingerprint density at radius 2 is 2.00 bits per heavy atom. The maximum Gasteiger partial charge on any atom is 0.137 e. The SMILES string of the molecule is OC(c1cccc(I)c1)C(Cl)Cl. The van der Waals surface area contributed by atoms with Gasteiger partial charge in [0.2, 0.25) is 0 Å². The van der Waals surface area contributed by atoms with E-state index in [4.69, 9.17) is 23.2 Å². The highest BCUT2D eigenvalue weighted by atomic mass is 127. The number of hydrogen-bond acceptors (Lipinski definition) is 1. The molecule has 0 saturated heterocycles. The molecular formula is C8H7Cl2IO. The van der Waals surface area contributed by atoms with Gasteiger partial charge in [0, 0.05) is 3.57 Å². The zero-order chi connectivity index (χ0) is 9.14. The predicted molar refractivity (Wildman–Crippen MR) is 59.6 cm³/mol. The lowest BCUT2D eigenvalue weighted by molar-refractivity contribution is 0.193. The van der Waals surface area contributed by atoms with E-state index in [0.29, 0.717) is 0 Å². The van der Waals surface area contributed by atoms with Gasteiger partial charge >= 0.3 is 0 Å². The van der Waals surface area contributed by atoms with Gasteiger partial charge in [-0.3, -0.25) is 0 Å². The van der Waals surface area contributed by atoms with Crippen LogP contribution in [-0.2, 0) is 0 Å². The Morgan fingerprint density at radius 3 is 2.50 bits per heavy atom. The Balaban J connectivity index is 2.88. The molecule has 1 N–H and O–H groups in total. The van der Waals surface area contributed by atoms with Gasteiger partial charge < -0.3 is 5.11 Å². The Labute approximate surface area is 94.8 Å². The van der Waals surface area contributed by atoms with E-state index in [0.717, 1.165) is 9.13 Å². The second-order valence-electron chi connectivity index (χ2n) is 2.33. The summed E-state index contributed by atoms with van der Waals surface area (Å²) in [7, 11) is 0. The predicted octanol–water partition coefficient (Wildman–Crippen LogP) is 3.13. The summed E-state index contributed by atoms with van der Waals surface area (Å²) < 4.78 is 1.05. The van der Waals surface area contributed by atoms with Crippen molar-refractivity contribution in [3.05, 3.63) is 33.4 Å². The van der Waals surface area contributed by atoms with Crippen molar-refractivity contribution in [3.8, 4) is 0 Å². The van der Waals surface area contributed by atoms with E-state index in [1.54, 1.807) is 6.07 Å². The van der Waals surface area contributed by atoms with Crippen LogP contribution in [0.2, 0.25) is 0 Å². The second-order valence-corrected chi connectivity index (χ2v) is 4.74. The summed E-state index contributed by atoms with van der Waals surface area (Å²) in [6.07, 6.45) is -0.803. The smallest absolute Gasteiger partial charge is 0.137 e. The Bertz CT molecular complexity index is 265. The molecule has 1 nitrogen and oxygen atoms in total. The van der Waals surface area contributed by atoms with E-state index in [1.165, 1.54) is 0 Å². The van der Waals surface area contributed by atoms with Gasteiger partial charge in [-0.15, -0.1) is 23.2 Å². The normalized spacial score (nSPS) is 13.4. The molecule has 0 aromatic heterocycles. The Kier molecular flexibility index (Phi) is 4.10. The molecule has 0 aliphatic heterocycles. The molecule has 0 aliphatic carbocycles. The summed E-state index contributed by atoms with van der Waals surface area (Å²) in [6.45, 7) is 0. The van der Waals surface area contributed by atoms with Gasteiger partial charge in [-0.05, 0) is 40.3 Å². The minimum absolute atomic E-state index is 0.747. The third-order valence-electron chi connectivity index (χ3n) is 1.43. The monoisotopic (exact) mass is 316 g/mol. The fraction of sp³-hybridized carbons (Fsp3) is 0.250. The standard InChI is InChI=1S/C8H7Cl2IO/c9-8(10)7(12)5-2-1-3-6(11)4-5/h1-4,7-8,12H. The molecule has 1 rings (SSSR count). The number of halogens is 3. The Morgan fingerprint density at radius 1 is 1.33 bits per heavy atom. The lowest BCUT2D eigenvalue weighted by Crippen LogP contribution is -2.05. The molecule has 0 amide bonds. The molecular weight excluding hydrogens is 310 g/mol. The third-order valence-corrected chi connectivity index (χ3v) is 2.58. The van der Waals surface area contributed by atoms with Crippen molar-refractivity contribution in [2.24, 2.45) is 0 Å². The van der Waals surface area contributed by atoms with E-state index in [2.05, 4.69) is 22.6 Å². The second kappa shape index (κ2) is 4.65. The molecule has 0 radical (unpaired) electrons. The van der Waals surface area contributed by atoms with Gasteiger partial charge in [0.05, 0.1) is 0 Å². The largest absolute Gasteiger partial charge is 0.386 e. The van der Waals surface area contributed by atoms with Crippen LogP contribution in [0.5, 0.6) is 0 Å². The average Bonchev–Trinajstić information content (AvgIpc) is 2.03. The van der Waals surface area contributed by atoms with Crippen LogP contribution in [0.3, 0.4) is 0 Å². The van der Waals surface area contributed by atoms with Crippen LogP contribution in [0.1, 0.15) is 11.7 Å². The van der Waals surface area contributed by atoms with Crippen LogP contribution in [-0.4, -0.2) is 9.94 Å². The molecule has 1 aromatic carbocycles. The lowest BCUT2D eigenvalue weighted by Gasteiger charge is -2.11. The fourth-order valence-corrected chi connectivity index (χ4v) is 1.69. The number of benzene rings is 1. The molecule has 0 aliphatic rings. The molecule has 1 aromatic rings. The average molecular weight is 317 g/mol. The number of rotatable bonds is 2. The molecule has 0 bridgehead atoms. The van der Waals surface area contributed by atoms with E-state index in [-0.39, 0.29) is 0 Å². The zero-order valence-electron chi connectivity index (χ0n) is 6.05. The molecule has 4 heteroatoms. The quantitative estimate of drug-likeness (QED) is 0.656. The first-order valence-electron chi connectivity index (χ1n) is 3.33. The van der Waals surface area contributed by atoms with Gasteiger partial charge in [-0.25, -0.2) is 0 Å². The van der Waals surface area contributed by atoms with Gasteiger partial charge in [0.25, 0.3) is 0 Å². The van der Waals surface area contributed by atoms with E-state index in [9.17, 15) is 5.11 Å². The van der Waals surface area contributed by atoms with Gasteiger partial charge in [-0.1, -0.05) is 12.1 Å². The van der Waals surface area contributed by atoms with Crippen LogP contribution in [0, 0.1) is 3.57 Å². The van der Waals surface area contributed by atoms with Crippen molar-refractivity contribution in [3.63, 3.8) is 0 Å². The van der Waals surface area contributed by atoms with Crippen molar-refractivity contribution >= 4 is 45.8 Å². The van der Waals surface area contributed by atoms with Crippen molar-refractivity contribution in [1.29, 1.82) is 0 Å². The molecule has 0 heterocycles. The highest BCUT2D eigenvalue weighted by Crippen LogP contribution is 2.24. The van der Waals surface area contributed by atoms with Crippen LogP contribution < -0.4 is 0 Å². The molecule has 12 heavy (non-hydrogen) atoms. The van der Waals surface area contributed by atoms with Crippen molar-refractivity contribution in [2.45, 2.75) is 10.9 Å². The number of aliphatic hydroxyl groups is 1. The maximum atomic E-state index is 9.46. The summed E-state index contributed by atoms with van der Waals surface area (Å²) in [5, 5.41) is 9.46. The highest BCUT2D eigenvalue weighted by Gasteiger charge is 2.15. The molecule has 1 unspecified atom stereocenters. The topological polar surface area (TPSA) is 20.2 Å². The first-order chi connectivity index (χ1) is 5.61. The molecule has 66 valence electrons. The minimum Gasteiger partial charge on any atom is -0.386 e. The first-order valence-corrected chi connectivity index (χ1v) is 5.28. The lowest BCUT2D eigenvalue weighted by atomic mass is 10.1. The Hall–Kier alpha value is 0.490. The van der Waals surface area contributed by atoms with Crippen LogP contribution in [0.4, 0.5) is 0 Å². The van der Waals surface area contributed by atoms with Gasteiger partial charge in [0.15, 0.2) is 0 Å². The number of alkyl halides is 2. The number of hydrogen-bond donors (Lipinski definition) is 1. The fourth-order valence-electron chi connectivity index (χ4n) is 0.836. The molecule has 0 saturated carbocycles. The maximum absolute atomic E-state index is 9.46. The van der Waals surface area contributed by atoms with Crippen LogP contribution in [0.15, 0.2) is 24.3 Å². The van der Waals surface area contributed by atoms with E-state index in [1.807, 2.05) is 18.2 Å². The van der Waals surface area contributed by atoms with E-state index >= 15 is 0 Å². The van der Waals surface area contributed by atoms with E-state index < -0.39 is 10.9 Å². The molecule has 0 fully saturated rings. The van der Waals surface area contributed by atoms with Crippen molar-refractivity contribution in [1.82, 2.24) is 0 Å². The summed E-state index contributed by atoms with van der Waals surface area (Å²) >= 11 is 13.2. The molecule has 1 atom stereocenters. The van der Waals surface area contributed by atoms with Gasteiger partial charge in [-0.2, -0.15) is 0 Å². The zero-order valence-corrected chi connectivity index (χ0v) is 9.71. The highest BCUT2D eigenvalue weighted by molar-refractivity contribution is 14.1. The molecule has 0 spiro atoms.